The summed E-state index contributed by atoms with van der Waals surface area (Å²) in [6, 6.07) is 2.26. The number of hydrogen-bond donors (Lipinski definition) is 1. The van der Waals surface area contributed by atoms with Crippen molar-refractivity contribution < 1.29 is 4.74 Å². The van der Waals surface area contributed by atoms with Crippen LogP contribution in [0.3, 0.4) is 0 Å². The van der Waals surface area contributed by atoms with Gasteiger partial charge < -0.3 is 10.1 Å². The van der Waals surface area contributed by atoms with Gasteiger partial charge in [0, 0.05) is 19.8 Å². The molecule has 0 aliphatic heterocycles. The first kappa shape index (κ1) is 12.7. The van der Waals surface area contributed by atoms with E-state index in [0.717, 1.165) is 23.2 Å². The second-order valence-electron chi connectivity index (χ2n) is 3.32. The van der Waals surface area contributed by atoms with Crippen molar-refractivity contribution >= 4 is 33.2 Å². The molecule has 0 saturated carbocycles. The Hall–Kier alpha value is -0.320. The molecule has 1 aromatic heterocycles. The summed E-state index contributed by atoms with van der Waals surface area (Å²) in [5.74, 6) is 0. The molecule has 0 aliphatic carbocycles. The third-order valence-corrected chi connectivity index (χ3v) is 3.10. The molecule has 1 atom stereocenters. The molecule has 84 valence electrons. The van der Waals surface area contributed by atoms with E-state index in [1.807, 2.05) is 6.07 Å². The van der Waals surface area contributed by atoms with Crippen LogP contribution >= 0.6 is 27.5 Å². The fourth-order valence-corrected chi connectivity index (χ4v) is 1.60. The first-order chi connectivity index (χ1) is 7.13. The molecule has 0 saturated heterocycles. The number of nitrogens with zero attached hydrogens (tertiary/aromatic N) is 1. The van der Waals surface area contributed by atoms with Crippen LogP contribution in [-0.4, -0.2) is 24.7 Å². The number of pyridine rings is 1. The van der Waals surface area contributed by atoms with Crippen LogP contribution in [0.2, 0.25) is 5.15 Å². The maximum atomic E-state index is 5.80. The minimum Gasteiger partial charge on any atom is -0.385 e. The van der Waals surface area contributed by atoms with Crippen LogP contribution in [0.4, 0.5) is 5.69 Å². The van der Waals surface area contributed by atoms with Crippen molar-refractivity contribution in [2.45, 2.75) is 19.4 Å². The molecule has 0 fully saturated rings. The average Bonchev–Trinajstić information content (AvgIpc) is 2.20. The van der Waals surface area contributed by atoms with E-state index in [0.29, 0.717) is 11.2 Å². The molecule has 0 bridgehead atoms. The minimum absolute atomic E-state index is 0.347. The predicted molar refractivity (Wildman–Crippen MR) is 66.5 cm³/mol. The zero-order valence-electron chi connectivity index (χ0n) is 8.76. The number of halogens is 2. The first-order valence-electron chi connectivity index (χ1n) is 4.70. The van der Waals surface area contributed by atoms with Crippen LogP contribution in [0.25, 0.3) is 0 Å². The largest absolute Gasteiger partial charge is 0.385 e. The van der Waals surface area contributed by atoms with Crippen LogP contribution in [0.5, 0.6) is 0 Å². The van der Waals surface area contributed by atoms with Crippen LogP contribution in [0, 0.1) is 0 Å². The lowest BCUT2D eigenvalue weighted by Gasteiger charge is -2.14. The van der Waals surface area contributed by atoms with Gasteiger partial charge in [0.1, 0.15) is 5.15 Å². The lowest BCUT2D eigenvalue weighted by molar-refractivity contribution is 0.191. The van der Waals surface area contributed by atoms with Crippen molar-refractivity contribution in [1.29, 1.82) is 0 Å². The summed E-state index contributed by atoms with van der Waals surface area (Å²) in [6.45, 7) is 2.85. The van der Waals surface area contributed by atoms with Crippen molar-refractivity contribution in [3.63, 3.8) is 0 Å². The first-order valence-corrected chi connectivity index (χ1v) is 5.87. The highest BCUT2D eigenvalue weighted by atomic mass is 79.9. The van der Waals surface area contributed by atoms with Crippen LogP contribution in [0.15, 0.2) is 16.7 Å². The Labute approximate surface area is 103 Å². The van der Waals surface area contributed by atoms with Gasteiger partial charge in [0.25, 0.3) is 0 Å². The van der Waals surface area contributed by atoms with Gasteiger partial charge >= 0.3 is 0 Å². The predicted octanol–water partition coefficient (Wildman–Crippen LogP) is 3.33. The van der Waals surface area contributed by atoms with E-state index < -0.39 is 0 Å². The van der Waals surface area contributed by atoms with Crippen LogP contribution in [0.1, 0.15) is 13.3 Å². The molecule has 0 aliphatic rings. The molecule has 15 heavy (non-hydrogen) atoms. The topological polar surface area (TPSA) is 34.1 Å². The molecular weight excluding hydrogens is 279 g/mol. The summed E-state index contributed by atoms with van der Waals surface area (Å²) in [7, 11) is 1.70. The van der Waals surface area contributed by atoms with Crippen molar-refractivity contribution in [1.82, 2.24) is 4.98 Å². The molecule has 0 amide bonds. The van der Waals surface area contributed by atoms with Crippen LogP contribution < -0.4 is 5.32 Å². The third-order valence-electron chi connectivity index (χ3n) is 1.96. The third kappa shape index (κ3) is 4.36. The molecule has 1 aromatic rings. The molecule has 1 heterocycles. The van der Waals surface area contributed by atoms with E-state index in [9.17, 15) is 0 Å². The van der Waals surface area contributed by atoms with Gasteiger partial charge in [-0.2, -0.15) is 0 Å². The molecule has 3 nitrogen and oxygen atoms in total. The van der Waals surface area contributed by atoms with Gasteiger partial charge in [0.05, 0.1) is 16.4 Å². The monoisotopic (exact) mass is 292 g/mol. The fourth-order valence-electron chi connectivity index (χ4n) is 1.15. The smallest absolute Gasteiger partial charge is 0.143 e. The second-order valence-corrected chi connectivity index (χ2v) is 4.54. The van der Waals surface area contributed by atoms with Gasteiger partial charge in [-0.05, 0) is 35.3 Å². The lowest BCUT2D eigenvalue weighted by atomic mass is 10.2. The Bertz CT molecular complexity index is 322. The number of ether oxygens (including phenoxy) is 1. The van der Waals surface area contributed by atoms with E-state index in [2.05, 4.69) is 33.2 Å². The minimum atomic E-state index is 0.347. The Morgan fingerprint density at radius 3 is 3.00 bits per heavy atom. The number of aromatic nitrogens is 1. The molecular formula is C10H14BrClN2O. The standard InChI is InChI=1S/C10H14BrClN2O/c1-7(3-4-15-2)14-8-5-9(11)10(12)13-6-8/h5-7,14H,3-4H2,1-2H3. The quantitative estimate of drug-likeness (QED) is 0.846. The molecule has 0 spiro atoms. The second kappa shape index (κ2) is 6.30. The number of nitrogens with one attached hydrogen (secondary N) is 1. The summed E-state index contributed by atoms with van der Waals surface area (Å²) in [5, 5.41) is 3.79. The van der Waals surface area contributed by atoms with Gasteiger partial charge in [0.15, 0.2) is 0 Å². The molecule has 1 rings (SSSR count). The zero-order chi connectivity index (χ0) is 11.3. The van der Waals surface area contributed by atoms with E-state index >= 15 is 0 Å². The Morgan fingerprint density at radius 2 is 2.40 bits per heavy atom. The molecule has 0 aromatic carbocycles. The number of rotatable bonds is 5. The number of hydrogen-bond acceptors (Lipinski definition) is 3. The van der Waals surface area contributed by atoms with Crippen molar-refractivity contribution in [2.24, 2.45) is 0 Å². The van der Waals surface area contributed by atoms with E-state index in [4.69, 9.17) is 16.3 Å². The highest BCUT2D eigenvalue weighted by Gasteiger charge is 2.04. The van der Waals surface area contributed by atoms with E-state index in [1.54, 1.807) is 13.3 Å². The van der Waals surface area contributed by atoms with Gasteiger partial charge in [-0.3, -0.25) is 0 Å². The van der Waals surface area contributed by atoms with Gasteiger partial charge in [-0.25, -0.2) is 4.98 Å². The number of anilines is 1. The average molecular weight is 294 g/mol. The number of methoxy groups -OCH3 is 1. The van der Waals surface area contributed by atoms with E-state index in [1.165, 1.54) is 0 Å². The molecule has 5 heteroatoms. The van der Waals surface area contributed by atoms with Gasteiger partial charge in [0.2, 0.25) is 0 Å². The Kier molecular flexibility index (Phi) is 5.36. The highest BCUT2D eigenvalue weighted by molar-refractivity contribution is 9.10. The van der Waals surface area contributed by atoms with E-state index in [-0.39, 0.29) is 0 Å². The van der Waals surface area contributed by atoms with Crippen molar-refractivity contribution in [3.8, 4) is 0 Å². The Balaban J connectivity index is 2.53. The maximum Gasteiger partial charge on any atom is 0.143 e. The SMILES string of the molecule is COCCC(C)Nc1cnc(Cl)c(Br)c1. The summed E-state index contributed by atoms with van der Waals surface area (Å²) in [5.41, 5.74) is 0.954. The highest BCUT2D eigenvalue weighted by Crippen LogP contribution is 2.23. The summed E-state index contributed by atoms with van der Waals surface area (Å²) in [6.07, 6.45) is 2.67. The summed E-state index contributed by atoms with van der Waals surface area (Å²) < 4.78 is 5.81. The molecule has 1 unspecified atom stereocenters. The lowest BCUT2D eigenvalue weighted by Crippen LogP contribution is -2.17. The summed E-state index contributed by atoms with van der Waals surface area (Å²) in [4.78, 5) is 4.04. The van der Waals surface area contributed by atoms with Crippen molar-refractivity contribution in [2.75, 3.05) is 19.0 Å². The molecule has 1 N–H and O–H groups in total. The normalized spacial score (nSPS) is 12.5. The molecule has 0 radical (unpaired) electrons. The van der Waals surface area contributed by atoms with Crippen LogP contribution in [-0.2, 0) is 4.74 Å². The maximum absolute atomic E-state index is 5.80. The van der Waals surface area contributed by atoms with Gasteiger partial charge in [-0.15, -0.1) is 0 Å². The Morgan fingerprint density at radius 1 is 1.67 bits per heavy atom. The van der Waals surface area contributed by atoms with Gasteiger partial charge in [-0.1, -0.05) is 11.6 Å². The fraction of sp³-hybridized carbons (Fsp3) is 0.500. The zero-order valence-corrected chi connectivity index (χ0v) is 11.1. The van der Waals surface area contributed by atoms with Crippen molar-refractivity contribution in [3.05, 3.63) is 21.9 Å². The summed E-state index contributed by atoms with van der Waals surface area (Å²) >= 11 is 9.12.